The van der Waals surface area contributed by atoms with Gasteiger partial charge in [-0.05, 0) is 53.6 Å². The van der Waals surface area contributed by atoms with Gasteiger partial charge in [0.2, 0.25) is 0 Å². The molecule has 0 saturated carbocycles. The van der Waals surface area contributed by atoms with Gasteiger partial charge in [0.25, 0.3) is 0 Å². The minimum absolute atomic E-state index is 0.291. The van der Waals surface area contributed by atoms with Gasteiger partial charge in [-0.2, -0.15) is 5.26 Å². The second-order valence-electron chi connectivity index (χ2n) is 7.05. The number of aromatic nitrogens is 1. The highest BCUT2D eigenvalue weighted by atomic mass is 19.2. The predicted octanol–water partition coefficient (Wildman–Crippen LogP) is 6.28. The van der Waals surface area contributed by atoms with Crippen LogP contribution in [0.15, 0.2) is 79.1 Å². The zero-order chi connectivity index (χ0) is 23.2. The third-order valence-corrected chi connectivity index (χ3v) is 4.83. The van der Waals surface area contributed by atoms with Gasteiger partial charge in [-0.1, -0.05) is 18.2 Å². The molecule has 0 atom stereocenters. The Morgan fingerprint density at radius 1 is 0.818 bits per heavy atom. The molecular formula is C26H18F2N2O3. The Hall–Kier alpha value is -4.44. The summed E-state index contributed by atoms with van der Waals surface area (Å²) in [7, 11) is 1.60. The van der Waals surface area contributed by atoms with Crippen molar-refractivity contribution in [1.82, 2.24) is 4.98 Å². The minimum Gasteiger partial charge on any atom is -0.497 e. The van der Waals surface area contributed by atoms with E-state index in [9.17, 15) is 14.0 Å². The molecule has 5 nitrogen and oxygen atoms in total. The topological polar surface area (TPSA) is 64.4 Å². The van der Waals surface area contributed by atoms with E-state index in [-0.39, 0.29) is 0 Å². The molecule has 0 aliphatic rings. The molecule has 0 saturated heterocycles. The maximum atomic E-state index is 13.6. The smallest absolute Gasteiger partial charge is 0.159 e. The molecule has 0 unspecified atom stereocenters. The van der Waals surface area contributed by atoms with Crippen molar-refractivity contribution in [3.8, 4) is 40.2 Å². The molecule has 7 heteroatoms. The Bertz CT molecular complexity index is 1320. The van der Waals surface area contributed by atoms with E-state index in [1.54, 1.807) is 31.4 Å². The second-order valence-corrected chi connectivity index (χ2v) is 7.05. The van der Waals surface area contributed by atoms with E-state index >= 15 is 0 Å². The summed E-state index contributed by atoms with van der Waals surface area (Å²) in [6, 6.07) is 19.7. The zero-order valence-electron chi connectivity index (χ0n) is 17.6. The normalized spacial score (nSPS) is 10.4. The average Bonchev–Trinajstić information content (AvgIpc) is 2.85. The third kappa shape index (κ3) is 5.25. The van der Waals surface area contributed by atoms with Gasteiger partial charge in [-0.3, -0.25) is 4.98 Å². The van der Waals surface area contributed by atoms with E-state index < -0.39 is 11.6 Å². The quantitative estimate of drug-likeness (QED) is 0.336. The van der Waals surface area contributed by atoms with Gasteiger partial charge >= 0.3 is 0 Å². The van der Waals surface area contributed by atoms with Gasteiger partial charge in [-0.25, -0.2) is 8.78 Å². The van der Waals surface area contributed by atoms with Crippen molar-refractivity contribution in [2.24, 2.45) is 0 Å². The fraction of sp³-hybridized carbons (Fsp3) is 0.0769. The Morgan fingerprint density at radius 3 is 2.33 bits per heavy atom. The standard InChI is InChI=1S/C26H18F2N2O3/c1-31-21-5-2-17(3-6-21)16-32-26-9-7-22(10-19(26)13-29)33-23-11-20(14-30-15-23)18-4-8-24(27)25(28)12-18/h2-12,14-15H,16H2,1H3. The van der Waals surface area contributed by atoms with E-state index in [0.29, 0.717) is 40.5 Å². The van der Waals surface area contributed by atoms with Gasteiger partial charge in [0.15, 0.2) is 11.6 Å². The number of hydrogen-bond donors (Lipinski definition) is 0. The van der Waals surface area contributed by atoms with Crippen LogP contribution >= 0.6 is 0 Å². The van der Waals surface area contributed by atoms with Crippen LogP contribution in [-0.2, 0) is 6.61 Å². The Balaban J connectivity index is 1.48. The number of ether oxygens (including phenoxy) is 3. The molecule has 4 rings (SSSR count). The van der Waals surface area contributed by atoms with Crippen molar-refractivity contribution in [2.75, 3.05) is 7.11 Å². The molecule has 0 radical (unpaired) electrons. The van der Waals surface area contributed by atoms with Crippen molar-refractivity contribution in [1.29, 1.82) is 5.26 Å². The molecule has 0 aliphatic heterocycles. The van der Waals surface area contributed by atoms with E-state index in [1.807, 2.05) is 24.3 Å². The summed E-state index contributed by atoms with van der Waals surface area (Å²) in [5.41, 5.74) is 2.27. The number of rotatable bonds is 7. The lowest BCUT2D eigenvalue weighted by Gasteiger charge is -2.11. The maximum Gasteiger partial charge on any atom is 0.159 e. The number of nitriles is 1. The molecule has 1 aromatic heterocycles. The van der Waals surface area contributed by atoms with Gasteiger partial charge < -0.3 is 14.2 Å². The summed E-state index contributed by atoms with van der Waals surface area (Å²) < 4.78 is 43.5. The first kappa shape index (κ1) is 21.8. The molecule has 0 N–H and O–H groups in total. The van der Waals surface area contributed by atoms with Gasteiger partial charge in [0.05, 0.1) is 18.9 Å². The molecule has 0 aliphatic carbocycles. The van der Waals surface area contributed by atoms with Gasteiger partial charge in [0, 0.05) is 17.8 Å². The van der Waals surface area contributed by atoms with Crippen molar-refractivity contribution in [3.63, 3.8) is 0 Å². The van der Waals surface area contributed by atoms with Crippen LogP contribution in [0.4, 0.5) is 8.78 Å². The van der Waals surface area contributed by atoms with Crippen LogP contribution in [0.2, 0.25) is 0 Å². The lowest BCUT2D eigenvalue weighted by Crippen LogP contribution is -1.98. The van der Waals surface area contributed by atoms with Crippen molar-refractivity contribution < 1.29 is 23.0 Å². The second kappa shape index (κ2) is 9.79. The lowest BCUT2D eigenvalue weighted by molar-refractivity contribution is 0.304. The molecular weight excluding hydrogens is 426 g/mol. The third-order valence-electron chi connectivity index (χ3n) is 4.83. The monoisotopic (exact) mass is 444 g/mol. The molecule has 4 aromatic rings. The van der Waals surface area contributed by atoms with Crippen molar-refractivity contribution in [2.45, 2.75) is 6.61 Å². The van der Waals surface area contributed by atoms with Crippen LogP contribution in [0.25, 0.3) is 11.1 Å². The highest BCUT2D eigenvalue weighted by Crippen LogP contribution is 2.30. The Morgan fingerprint density at radius 2 is 1.61 bits per heavy atom. The van der Waals surface area contributed by atoms with Gasteiger partial charge in [-0.15, -0.1) is 0 Å². The van der Waals surface area contributed by atoms with Crippen LogP contribution in [0.5, 0.6) is 23.0 Å². The first-order valence-corrected chi connectivity index (χ1v) is 9.94. The highest BCUT2D eigenvalue weighted by molar-refractivity contribution is 5.64. The van der Waals surface area contributed by atoms with Gasteiger partial charge in [0.1, 0.15) is 35.7 Å². The van der Waals surface area contributed by atoms with E-state index in [0.717, 1.165) is 23.4 Å². The van der Waals surface area contributed by atoms with Crippen LogP contribution in [0.1, 0.15) is 11.1 Å². The van der Waals surface area contributed by atoms with E-state index in [1.165, 1.54) is 18.5 Å². The number of benzene rings is 3. The van der Waals surface area contributed by atoms with Crippen LogP contribution in [0.3, 0.4) is 0 Å². The van der Waals surface area contributed by atoms with Crippen LogP contribution < -0.4 is 14.2 Å². The largest absolute Gasteiger partial charge is 0.497 e. The molecule has 0 amide bonds. The van der Waals surface area contributed by atoms with E-state index in [4.69, 9.17) is 14.2 Å². The summed E-state index contributed by atoms with van der Waals surface area (Å²) in [5, 5.41) is 9.54. The SMILES string of the molecule is COc1ccc(COc2ccc(Oc3cncc(-c4ccc(F)c(F)c4)c3)cc2C#N)cc1. The summed E-state index contributed by atoms with van der Waals surface area (Å²) in [6.07, 6.45) is 3.01. The van der Waals surface area contributed by atoms with Crippen LogP contribution in [0, 0.1) is 23.0 Å². The Kier molecular flexibility index (Phi) is 6.46. The molecule has 1 heterocycles. The number of nitrogens with zero attached hydrogens (tertiary/aromatic N) is 2. The summed E-state index contributed by atoms with van der Waals surface area (Å²) >= 11 is 0. The zero-order valence-corrected chi connectivity index (χ0v) is 17.6. The highest BCUT2D eigenvalue weighted by Gasteiger charge is 2.10. The van der Waals surface area contributed by atoms with E-state index in [2.05, 4.69) is 11.1 Å². The summed E-state index contributed by atoms with van der Waals surface area (Å²) in [6.45, 7) is 0.291. The summed E-state index contributed by atoms with van der Waals surface area (Å²) in [4.78, 5) is 4.10. The fourth-order valence-electron chi connectivity index (χ4n) is 3.11. The van der Waals surface area contributed by atoms with Crippen molar-refractivity contribution in [3.05, 3.63) is 102 Å². The maximum absolute atomic E-state index is 13.6. The van der Waals surface area contributed by atoms with Crippen LogP contribution in [-0.4, -0.2) is 12.1 Å². The fourth-order valence-corrected chi connectivity index (χ4v) is 3.11. The average molecular weight is 444 g/mol. The molecule has 33 heavy (non-hydrogen) atoms. The Labute approximate surface area is 189 Å². The first-order chi connectivity index (χ1) is 16.1. The molecule has 0 spiro atoms. The van der Waals surface area contributed by atoms with Crippen molar-refractivity contribution >= 4 is 0 Å². The molecule has 0 fully saturated rings. The first-order valence-electron chi connectivity index (χ1n) is 9.94. The molecule has 0 bridgehead atoms. The number of pyridine rings is 1. The molecule has 164 valence electrons. The molecule has 3 aromatic carbocycles. The number of halogens is 2. The minimum atomic E-state index is -0.942. The predicted molar refractivity (Wildman–Crippen MR) is 118 cm³/mol. The number of hydrogen-bond acceptors (Lipinski definition) is 5. The number of methoxy groups -OCH3 is 1. The lowest BCUT2D eigenvalue weighted by atomic mass is 10.1. The summed E-state index contributed by atoms with van der Waals surface area (Å²) in [5.74, 6) is 0.108.